The number of nitrogens with zero attached hydrogens (tertiary/aromatic N) is 1. The summed E-state index contributed by atoms with van der Waals surface area (Å²) in [5.41, 5.74) is 1.40. The Morgan fingerprint density at radius 3 is 2.57 bits per heavy atom. The van der Waals surface area contributed by atoms with Crippen molar-refractivity contribution in [3.8, 4) is 0 Å². The smallest absolute Gasteiger partial charge is 0.321 e. The Labute approximate surface area is 131 Å². The number of amides is 2. The average molecular weight is 307 g/mol. The molecular weight excluding hydrogens is 284 g/mol. The van der Waals surface area contributed by atoms with Crippen LogP contribution in [-0.4, -0.2) is 23.5 Å². The normalized spacial score (nSPS) is 30.3. The molecule has 2 unspecified atom stereocenters. The van der Waals surface area contributed by atoms with Crippen LogP contribution in [0.25, 0.3) is 0 Å². The van der Waals surface area contributed by atoms with Crippen LogP contribution in [0.5, 0.6) is 0 Å². The zero-order valence-electron chi connectivity index (χ0n) is 12.9. The van der Waals surface area contributed by atoms with Gasteiger partial charge in [0, 0.05) is 23.3 Å². The predicted octanol–water partition coefficient (Wildman–Crippen LogP) is 4.77. The Bertz CT molecular complexity index is 554. The highest BCUT2D eigenvalue weighted by atomic mass is 35.5. The minimum atomic E-state index is 0.0174. The van der Waals surface area contributed by atoms with Gasteiger partial charge >= 0.3 is 6.03 Å². The molecule has 2 fully saturated rings. The summed E-state index contributed by atoms with van der Waals surface area (Å²) in [6.45, 7) is 7.81. The minimum absolute atomic E-state index is 0.0174. The number of anilines is 1. The molecule has 3 nitrogen and oxygen atoms in total. The number of carbonyl (C=O) groups excluding carboxylic acids is 1. The van der Waals surface area contributed by atoms with Crippen LogP contribution in [0.4, 0.5) is 10.5 Å². The third kappa shape index (κ3) is 3.03. The highest BCUT2D eigenvalue weighted by Gasteiger charge is 2.50. The van der Waals surface area contributed by atoms with E-state index in [2.05, 4.69) is 26.1 Å². The molecular formula is C17H23ClN2O. The Kier molecular flexibility index (Phi) is 3.44. The van der Waals surface area contributed by atoms with Crippen LogP contribution >= 0.6 is 11.6 Å². The molecule has 1 aliphatic carbocycles. The minimum Gasteiger partial charge on any atom is -0.321 e. The first-order chi connectivity index (χ1) is 9.76. The second-order valence-electron chi connectivity index (χ2n) is 7.78. The molecule has 0 spiro atoms. The zero-order valence-corrected chi connectivity index (χ0v) is 13.7. The number of fused-ring (bicyclic) bond motifs is 2. The van der Waals surface area contributed by atoms with Crippen molar-refractivity contribution in [2.45, 2.75) is 46.1 Å². The van der Waals surface area contributed by atoms with Crippen LogP contribution in [0.2, 0.25) is 5.02 Å². The second kappa shape index (κ2) is 4.91. The summed E-state index contributed by atoms with van der Waals surface area (Å²) in [4.78, 5) is 14.6. The molecule has 1 aromatic rings. The third-order valence-electron chi connectivity index (χ3n) is 4.77. The van der Waals surface area contributed by atoms with Gasteiger partial charge in [0.1, 0.15) is 0 Å². The molecule has 2 amide bonds. The number of likely N-dealkylation sites (tertiary alicyclic amines) is 1. The fourth-order valence-electron chi connectivity index (χ4n) is 4.43. The lowest BCUT2D eigenvalue weighted by atomic mass is 9.65. The summed E-state index contributed by atoms with van der Waals surface area (Å²) >= 11 is 5.87. The molecule has 0 aromatic heterocycles. The first kappa shape index (κ1) is 14.7. The van der Waals surface area contributed by atoms with Crippen molar-refractivity contribution >= 4 is 23.3 Å². The van der Waals surface area contributed by atoms with Gasteiger partial charge in [0.2, 0.25) is 0 Å². The summed E-state index contributed by atoms with van der Waals surface area (Å²) in [5, 5.41) is 3.68. The quantitative estimate of drug-likeness (QED) is 0.796. The van der Waals surface area contributed by atoms with Crippen LogP contribution < -0.4 is 5.32 Å². The molecule has 1 saturated carbocycles. The van der Waals surface area contributed by atoms with Crippen molar-refractivity contribution in [3.05, 3.63) is 29.3 Å². The van der Waals surface area contributed by atoms with Crippen molar-refractivity contribution in [3.63, 3.8) is 0 Å². The Balaban J connectivity index is 1.73. The van der Waals surface area contributed by atoms with Crippen LogP contribution in [0.15, 0.2) is 24.3 Å². The number of benzene rings is 1. The second-order valence-corrected chi connectivity index (χ2v) is 8.22. The molecule has 2 atom stereocenters. The van der Waals surface area contributed by atoms with Crippen LogP contribution in [-0.2, 0) is 0 Å². The number of hydrogen-bond donors (Lipinski definition) is 1. The maximum Gasteiger partial charge on any atom is 0.322 e. The van der Waals surface area contributed by atoms with E-state index in [1.165, 1.54) is 6.42 Å². The molecule has 114 valence electrons. The molecule has 2 aliphatic rings. The van der Waals surface area contributed by atoms with Gasteiger partial charge in [0.25, 0.3) is 0 Å². The van der Waals surface area contributed by atoms with Crippen LogP contribution in [0, 0.1) is 10.8 Å². The number of rotatable bonds is 1. The molecule has 21 heavy (non-hydrogen) atoms. The average Bonchev–Trinajstić information content (AvgIpc) is 2.61. The van der Waals surface area contributed by atoms with Crippen molar-refractivity contribution in [2.75, 3.05) is 11.9 Å². The van der Waals surface area contributed by atoms with E-state index in [1.807, 2.05) is 17.0 Å². The number of halogens is 1. The van der Waals surface area contributed by atoms with E-state index in [1.54, 1.807) is 12.1 Å². The first-order valence-electron chi connectivity index (χ1n) is 7.60. The van der Waals surface area contributed by atoms with Gasteiger partial charge in [-0.1, -0.05) is 32.4 Å². The summed E-state index contributed by atoms with van der Waals surface area (Å²) in [6, 6.07) is 7.66. The maximum absolute atomic E-state index is 12.6. The maximum atomic E-state index is 12.6. The molecule has 4 heteroatoms. The topological polar surface area (TPSA) is 32.3 Å². The van der Waals surface area contributed by atoms with Gasteiger partial charge in [-0.05, 0) is 54.4 Å². The Hall–Kier alpha value is -1.22. The van der Waals surface area contributed by atoms with Crippen molar-refractivity contribution in [1.29, 1.82) is 0 Å². The summed E-state index contributed by atoms with van der Waals surface area (Å²) in [7, 11) is 0. The molecule has 3 rings (SSSR count). The van der Waals surface area contributed by atoms with E-state index in [-0.39, 0.29) is 11.4 Å². The number of carbonyl (C=O) groups is 1. The molecule has 1 saturated heterocycles. The molecule has 2 bridgehead atoms. The van der Waals surface area contributed by atoms with Crippen LogP contribution in [0.3, 0.4) is 0 Å². The predicted molar refractivity (Wildman–Crippen MR) is 86.7 cm³/mol. The molecule has 1 N–H and O–H groups in total. The molecule has 1 aliphatic heterocycles. The highest BCUT2D eigenvalue weighted by Crippen LogP contribution is 2.52. The monoisotopic (exact) mass is 306 g/mol. The van der Waals surface area contributed by atoms with E-state index in [4.69, 9.17) is 11.6 Å². The largest absolute Gasteiger partial charge is 0.322 e. The van der Waals surface area contributed by atoms with Gasteiger partial charge in [0.15, 0.2) is 0 Å². The number of hydrogen-bond acceptors (Lipinski definition) is 1. The molecule has 1 heterocycles. The number of nitrogens with one attached hydrogen (secondary N) is 1. The van der Waals surface area contributed by atoms with E-state index in [9.17, 15) is 4.79 Å². The highest BCUT2D eigenvalue weighted by molar-refractivity contribution is 6.30. The summed E-state index contributed by atoms with van der Waals surface area (Å²) in [5.74, 6) is 0. The first-order valence-corrected chi connectivity index (χ1v) is 7.97. The SMILES string of the molecule is CC1(C)CC2CC(C)(CN2C(=O)Nc2ccc(Cl)cc2)C1. The van der Waals surface area contributed by atoms with Crippen molar-refractivity contribution in [2.24, 2.45) is 10.8 Å². The van der Waals surface area contributed by atoms with E-state index in [0.29, 0.717) is 16.5 Å². The van der Waals surface area contributed by atoms with Gasteiger partial charge in [-0.15, -0.1) is 0 Å². The lowest BCUT2D eigenvalue weighted by Gasteiger charge is -2.39. The molecule has 0 radical (unpaired) electrons. The molecule has 1 aromatic carbocycles. The standard InChI is InChI=1S/C17H23ClN2O/c1-16(2)8-14-9-17(3,10-16)11-20(14)15(21)19-13-6-4-12(18)5-7-13/h4-7,14H,8-11H2,1-3H3,(H,19,21). The van der Waals surface area contributed by atoms with Crippen molar-refractivity contribution < 1.29 is 4.79 Å². The third-order valence-corrected chi connectivity index (χ3v) is 5.02. The zero-order chi connectivity index (χ0) is 15.3. The van der Waals surface area contributed by atoms with E-state index in [0.717, 1.165) is 25.1 Å². The van der Waals surface area contributed by atoms with Gasteiger partial charge in [0.05, 0.1) is 0 Å². The lowest BCUT2D eigenvalue weighted by molar-refractivity contribution is 0.130. The van der Waals surface area contributed by atoms with Crippen molar-refractivity contribution in [1.82, 2.24) is 4.90 Å². The van der Waals surface area contributed by atoms with E-state index >= 15 is 0 Å². The summed E-state index contributed by atoms with van der Waals surface area (Å²) < 4.78 is 0. The van der Waals surface area contributed by atoms with Gasteiger partial charge in [-0.25, -0.2) is 4.79 Å². The van der Waals surface area contributed by atoms with Gasteiger partial charge < -0.3 is 10.2 Å². The lowest BCUT2D eigenvalue weighted by Crippen LogP contribution is -2.40. The fourth-order valence-corrected chi connectivity index (χ4v) is 4.55. The van der Waals surface area contributed by atoms with E-state index < -0.39 is 0 Å². The fraction of sp³-hybridized carbons (Fsp3) is 0.588. The van der Waals surface area contributed by atoms with Gasteiger partial charge in [-0.3, -0.25) is 0 Å². The summed E-state index contributed by atoms with van der Waals surface area (Å²) in [6.07, 6.45) is 3.42. The van der Waals surface area contributed by atoms with Gasteiger partial charge in [-0.2, -0.15) is 0 Å². The number of urea groups is 1. The van der Waals surface area contributed by atoms with Crippen LogP contribution in [0.1, 0.15) is 40.0 Å². The Morgan fingerprint density at radius 2 is 1.90 bits per heavy atom. The Morgan fingerprint density at radius 1 is 1.24 bits per heavy atom.